The number of carbonyl (C=O) groups excluding carboxylic acids is 1. The van der Waals surface area contributed by atoms with E-state index in [-0.39, 0.29) is 0 Å². The number of nitrogens with zero attached hydrogens (tertiary/aromatic N) is 1. The van der Waals surface area contributed by atoms with Crippen molar-refractivity contribution in [2.24, 2.45) is 0 Å². The van der Waals surface area contributed by atoms with Crippen LogP contribution in [-0.4, -0.2) is 23.3 Å². The summed E-state index contributed by atoms with van der Waals surface area (Å²) in [5.74, 6) is -0.416. The van der Waals surface area contributed by atoms with Crippen LogP contribution in [0.5, 0.6) is 0 Å². The normalized spacial score (nSPS) is 10.1. The first kappa shape index (κ1) is 10.2. The molecule has 0 saturated heterocycles. The first-order valence-corrected chi connectivity index (χ1v) is 4.70. The molecule has 5 heteroatoms. The van der Waals surface area contributed by atoms with Gasteiger partial charge in [0.2, 0.25) is 0 Å². The van der Waals surface area contributed by atoms with Gasteiger partial charge in [0, 0.05) is 11.3 Å². The van der Waals surface area contributed by atoms with E-state index in [0.717, 1.165) is 5.56 Å². The highest BCUT2D eigenvalue weighted by molar-refractivity contribution is 5.95. The van der Waals surface area contributed by atoms with E-state index in [1.807, 2.05) is 12.1 Å². The van der Waals surface area contributed by atoms with Crippen LogP contribution in [0, 0.1) is 0 Å². The number of rotatable bonds is 2. The predicted molar refractivity (Wildman–Crippen MR) is 59.8 cm³/mol. The lowest BCUT2D eigenvalue weighted by atomic mass is 10.1. The van der Waals surface area contributed by atoms with Crippen molar-refractivity contribution >= 4 is 11.7 Å². The number of esters is 1. The van der Waals surface area contributed by atoms with E-state index in [1.165, 1.54) is 13.3 Å². The van der Waals surface area contributed by atoms with Gasteiger partial charge in [-0.1, -0.05) is 12.1 Å². The van der Waals surface area contributed by atoms with Gasteiger partial charge in [-0.15, -0.1) is 0 Å². The Morgan fingerprint density at radius 3 is 2.69 bits per heavy atom. The average Bonchev–Trinajstić information content (AvgIpc) is 2.78. The molecule has 0 amide bonds. The van der Waals surface area contributed by atoms with Gasteiger partial charge in [-0.3, -0.25) is 5.10 Å². The molecule has 0 aliphatic rings. The lowest BCUT2D eigenvalue weighted by molar-refractivity contribution is 0.0601. The maximum atomic E-state index is 11.4. The third-order valence-electron chi connectivity index (χ3n) is 2.24. The lowest BCUT2D eigenvalue weighted by Gasteiger charge is -2.02. The zero-order valence-electron chi connectivity index (χ0n) is 8.73. The number of aromatic nitrogens is 2. The molecule has 0 radical (unpaired) electrons. The second-order valence-corrected chi connectivity index (χ2v) is 3.27. The van der Waals surface area contributed by atoms with Gasteiger partial charge in [0.25, 0.3) is 0 Å². The summed E-state index contributed by atoms with van der Waals surface area (Å²) in [6.45, 7) is 0. The number of aromatic amines is 1. The Bertz CT molecular complexity index is 502. The Kier molecular flexibility index (Phi) is 2.59. The summed E-state index contributed by atoms with van der Waals surface area (Å²) in [6, 6.07) is 7.15. The summed E-state index contributed by atoms with van der Waals surface area (Å²) < 4.78 is 4.66. The first-order valence-electron chi connectivity index (χ1n) is 4.70. The molecule has 2 aromatic rings. The minimum Gasteiger partial charge on any atom is -0.465 e. The van der Waals surface area contributed by atoms with E-state index in [1.54, 1.807) is 12.1 Å². The largest absolute Gasteiger partial charge is 0.465 e. The van der Waals surface area contributed by atoms with Crippen LogP contribution in [-0.2, 0) is 4.74 Å². The number of carbonyl (C=O) groups is 1. The van der Waals surface area contributed by atoms with Crippen LogP contribution in [0.25, 0.3) is 11.3 Å². The van der Waals surface area contributed by atoms with Crippen molar-refractivity contribution in [3.8, 4) is 11.3 Å². The van der Waals surface area contributed by atoms with Crippen LogP contribution in [0.1, 0.15) is 10.4 Å². The van der Waals surface area contributed by atoms with Crippen LogP contribution in [0.3, 0.4) is 0 Å². The van der Waals surface area contributed by atoms with Crippen molar-refractivity contribution < 1.29 is 9.53 Å². The summed E-state index contributed by atoms with van der Waals surface area (Å²) in [7, 11) is 1.34. The molecule has 0 unspecified atom stereocenters. The van der Waals surface area contributed by atoms with Crippen LogP contribution < -0.4 is 5.73 Å². The molecule has 1 aromatic heterocycles. The van der Waals surface area contributed by atoms with Crippen molar-refractivity contribution in [1.82, 2.24) is 10.2 Å². The minimum atomic E-state index is -0.416. The molecular weight excluding hydrogens is 206 g/mol. The fraction of sp³-hybridized carbons (Fsp3) is 0.0909. The van der Waals surface area contributed by atoms with Crippen molar-refractivity contribution in [3.63, 3.8) is 0 Å². The number of nitrogens with one attached hydrogen (secondary N) is 1. The van der Waals surface area contributed by atoms with Gasteiger partial charge in [-0.05, 0) is 12.1 Å². The summed E-state index contributed by atoms with van der Waals surface area (Å²) >= 11 is 0. The van der Waals surface area contributed by atoms with Crippen molar-refractivity contribution in [2.75, 3.05) is 12.8 Å². The molecule has 1 heterocycles. The molecule has 0 aliphatic carbocycles. The van der Waals surface area contributed by atoms with Crippen molar-refractivity contribution in [2.45, 2.75) is 0 Å². The molecule has 0 fully saturated rings. The monoisotopic (exact) mass is 217 g/mol. The van der Waals surface area contributed by atoms with Gasteiger partial charge in [0.05, 0.1) is 19.0 Å². The summed E-state index contributed by atoms with van der Waals surface area (Å²) in [5.41, 5.74) is 8.14. The number of hydrogen-bond acceptors (Lipinski definition) is 4. The highest BCUT2D eigenvalue weighted by atomic mass is 16.5. The number of nitrogens with two attached hydrogens (primary N) is 1. The molecule has 2 rings (SSSR count). The zero-order chi connectivity index (χ0) is 11.5. The maximum Gasteiger partial charge on any atom is 0.341 e. The van der Waals surface area contributed by atoms with Gasteiger partial charge in [0.15, 0.2) is 0 Å². The Hall–Kier alpha value is -2.30. The molecule has 0 spiro atoms. The molecule has 0 bridgehead atoms. The predicted octanol–water partition coefficient (Wildman–Crippen LogP) is 1.45. The van der Waals surface area contributed by atoms with Crippen LogP contribution in [0.15, 0.2) is 30.5 Å². The van der Waals surface area contributed by atoms with Gasteiger partial charge >= 0.3 is 5.97 Å². The molecule has 0 atom stereocenters. The molecule has 5 nitrogen and oxygen atoms in total. The van der Waals surface area contributed by atoms with E-state index >= 15 is 0 Å². The van der Waals surface area contributed by atoms with Crippen LogP contribution >= 0.6 is 0 Å². The highest BCUT2D eigenvalue weighted by Gasteiger charge is 2.15. The van der Waals surface area contributed by atoms with E-state index in [0.29, 0.717) is 16.9 Å². The van der Waals surface area contributed by atoms with Crippen LogP contribution in [0.4, 0.5) is 5.69 Å². The number of H-pyrrole nitrogens is 1. The van der Waals surface area contributed by atoms with E-state index < -0.39 is 5.97 Å². The third-order valence-corrected chi connectivity index (χ3v) is 2.24. The summed E-state index contributed by atoms with van der Waals surface area (Å²) in [6.07, 6.45) is 1.44. The second-order valence-electron chi connectivity index (χ2n) is 3.27. The van der Waals surface area contributed by atoms with Gasteiger partial charge < -0.3 is 10.5 Å². The third kappa shape index (κ3) is 1.75. The molecule has 3 N–H and O–H groups in total. The van der Waals surface area contributed by atoms with Crippen molar-refractivity contribution in [3.05, 3.63) is 36.0 Å². The molecule has 1 aromatic carbocycles. The highest BCUT2D eigenvalue weighted by Crippen LogP contribution is 2.22. The first-order chi connectivity index (χ1) is 7.72. The fourth-order valence-electron chi connectivity index (χ4n) is 1.42. The average molecular weight is 217 g/mol. The number of ether oxygens (including phenoxy) is 1. The van der Waals surface area contributed by atoms with Gasteiger partial charge in [-0.2, -0.15) is 5.10 Å². The summed E-state index contributed by atoms with van der Waals surface area (Å²) in [4.78, 5) is 11.4. The lowest BCUT2D eigenvalue weighted by Crippen LogP contribution is -2.01. The molecule has 0 saturated carbocycles. The molecule has 82 valence electrons. The standard InChI is InChI=1S/C11H11N3O2/c1-16-11(15)9-6-13-14-10(9)7-2-4-8(12)5-3-7/h2-6H,12H2,1H3,(H,13,14). The molecular formula is C11H11N3O2. The van der Waals surface area contributed by atoms with E-state index in [2.05, 4.69) is 14.9 Å². The number of anilines is 1. The van der Waals surface area contributed by atoms with Crippen LogP contribution in [0.2, 0.25) is 0 Å². The number of nitrogen functional groups attached to an aromatic ring is 1. The number of hydrogen-bond donors (Lipinski definition) is 2. The molecule has 16 heavy (non-hydrogen) atoms. The Labute approximate surface area is 92.2 Å². The Balaban J connectivity index is 2.44. The smallest absolute Gasteiger partial charge is 0.341 e. The van der Waals surface area contributed by atoms with Crippen molar-refractivity contribution in [1.29, 1.82) is 0 Å². The Morgan fingerprint density at radius 2 is 2.06 bits per heavy atom. The minimum absolute atomic E-state index is 0.410. The topological polar surface area (TPSA) is 81.0 Å². The van der Waals surface area contributed by atoms with E-state index in [4.69, 9.17) is 5.73 Å². The SMILES string of the molecule is COC(=O)c1cn[nH]c1-c1ccc(N)cc1. The van der Waals surface area contributed by atoms with Gasteiger partial charge in [0.1, 0.15) is 5.56 Å². The maximum absolute atomic E-state index is 11.4. The second kappa shape index (κ2) is 4.06. The van der Waals surface area contributed by atoms with Gasteiger partial charge in [-0.25, -0.2) is 4.79 Å². The number of methoxy groups -OCH3 is 1. The number of benzene rings is 1. The fourth-order valence-corrected chi connectivity index (χ4v) is 1.42. The quantitative estimate of drug-likeness (QED) is 0.589. The summed E-state index contributed by atoms with van der Waals surface area (Å²) in [5, 5.41) is 6.60. The molecule has 0 aliphatic heterocycles. The Morgan fingerprint density at radius 1 is 1.38 bits per heavy atom. The van der Waals surface area contributed by atoms with E-state index in [9.17, 15) is 4.79 Å². The zero-order valence-corrected chi connectivity index (χ0v) is 8.73.